The van der Waals surface area contributed by atoms with E-state index in [1.165, 1.54) is 31.5 Å². The number of nitrogens with one attached hydrogen (secondary N) is 2. The summed E-state index contributed by atoms with van der Waals surface area (Å²) in [6.07, 6.45) is 0.828. The lowest BCUT2D eigenvalue weighted by Gasteiger charge is -2.06. The quantitative estimate of drug-likeness (QED) is 0.340. The molecular weight excluding hydrogens is 340 g/mol. The number of ether oxygens (including phenoxy) is 1. The van der Waals surface area contributed by atoms with Crippen molar-refractivity contribution in [2.45, 2.75) is 6.42 Å². The van der Waals surface area contributed by atoms with Gasteiger partial charge in [-0.05, 0) is 12.1 Å². The van der Waals surface area contributed by atoms with E-state index in [4.69, 9.17) is 4.74 Å². The molecule has 0 saturated carbocycles. The molecule has 2 N–H and O–H groups in total. The molecule has 0 unspecified atom stereocenters. The fraction of sp³-hybridized carbons (Fsp3) is 0.118. The number of methoxy groups -OCH3 is 1. The number of non-ortho nitro benzene ring substituents is 1. The molecule has 0 heterocycles. The number of hydrazone groups is 1. The normalized spacial score (nSPS) is 10.3. The van der Waals surface area contributed by atoms with Crippen molar-refractivity contribution < 1.29 is 19.2 Å². The predicted molar refractivity (Wildman–Crippen MR) is 95.1 cm³/mol. The van der Waals surface area contributed by atoms with Crippen LogP contribution in [0.2, 0.25) is 0 Å². The van der Waals surface area contributed by atoms with E-state index in [1.807, 2.05) is 0 Å². The first-order chi connectivity index (χ1) is 12.5. The first kappa shape index (κ1) is 18.6. The molecule has 0 fully saturated rings. The first-order valence-electron chi connectivity index (χ1n) is 7.48. The van der Waals surface area contributed by atoms with E-state index in [0.717, 1.165) is 0 Å². The molecule has 9 nitrogen and oxygen atoms in total. The van der Waals surface area contributed by atoms with Gasteiger partial charge in [0, 0.05) is 29.4 Å². The molecule has 2 aromatic carbocycles. The van der Waals surface area contributed by atoms with E-state index < -0.39 is 23.2 Å². The molecule has 0 radical (unpaired) electrons. The van der Waals surface area contributed by atoms with Crippen LogP contribution in [0.15, 0.2) is 53.6 Å². The Labute approximate surface area is 148 Å². The van der Waals surface area contributed by atoms with Gasteiger partial charge in [-0.15, -0.1) is 0 Å². The van der Waals surface area contributed by atoms with Crippen molar-refractivity contribution in [1.29, 1.82) is 0 Å². The Balaban J connectivity index is 1.85. The zero-order chi connectivity index (χ0) is 18.9. The minimum atomic E-state index is -0.618. The summed E-state index contributed by atoms with van der Waals surface area (Å²) in [5.41, 5.74) is 3.06. The summed E-state index contributed by atoms with van der Waals surface area (Å²) in [4.78, 5) is 33.7. The minimum absolute atomic E-state index is 0.0852. The van der Waals surface area contributed by atoms with Gasteiger partial charge in [0.2, 0.25) is 11.8 Å². The molecule has 0 saturated heterocycles. The van der Waals surface area contributed by atoms with E-state index >= 15 is 0 Å². The molecule has 0 aromatic heterocycles. The van der Waals surface area contributed by atoms with Gasteiger partial charge < -0.3 is 10.1 Å². The maximum Gasteiger partial charge on any atom is 0.270 e. The number of nitro benzene ring substituents is 1. The third-order valence-corrected chi connectivity index (χ3v) is 3.16. The number of nitrogens with zero attached hydrogens (tertiary/aromatic N) is 2. The molecule has 0 aliphatic carbocycles. The van der Waals surface area contributed by atoms with Crippen LogP contribution in [0.3, 0.4) is 0 Å². The second-order valence-electron chi connectivity index (χ2n) is 5.10. The van der Waals surface area contributed by atoms with Gasteiger partial charge in [0.15, 0.2) is 0 Å². The summed E-state index contributed by atoms with van der Waals surface area (Å²) >= 11 is 0. The van der Waals surface area contributed by atoms with Crippen LogP contribution in [0.1, 0.15) is 12.0 Å². The number of benzene rings is 2. The average Bonchev–Trinajstić information content (AvgIpc) is 2.62. The van der Waals surface area contributed by atoms with Crippen LogP contribution in [0.25, 0.3) is 0 Å². The number of anilines is 1. The maximum absolute atomic E-state index is 11.8. The second-order valence-corrected chi connectivity index (χ2v) is 5.10. The lowest BCUT2D eigenvalue weighted by molar-refractivity contribution is -0.384. The van der Waals surface area contributed by atoms with Crippen molar-refractivity contribution in [3.05, 3.63) is 64.2 Å². The number of carbonyl (C=O) groups is 2. The van der Waals surface area contributed by atoms with Crippen LogP contribution in [-0.4, -0.2) is 30.1 Å². The summed E-state index contributed by atoms with van der Waals surface area (Å²) < 4.78 is 5.04. The molecule has 0 spiro atoms. The zero-order valence-corrected chi connectivity index (χ0v) is 13.8. The highest BCUT2D eigenvalue weighted by Gasteiger charge is 2.09. The van der Waals surface area contributed by atoms with Crippen LogP contribution in [0.4, 0.5) is 11.4 Å². The van der Waals surface area contributed by atoms with Gasteiger partial charge in [0.1, 0.15) is 12.2 Å². The molecule has 0 aliphatic rings. The van der Waals surface area contributed by atoms with E-state index in [-0.39, 0.29) is 5.69 Å². The number of hydrogen-bond acceptors (Lipinski definition) is 6. The highest BCUT2D eigenvalue weighted by atomic mass is 16.6. The van der Waals surface area contributed by atoms with Gasteiger partial charge in [0.05, 0.1) is 18.2 Å². The van der Waals surface area contributed by atoms with Crippen molar-refractivity contribution in [2.24, 2.45) is 5.10 Å². The van der Waals surface area contributed by atoms with Gasteiger partial charge >= 0.3 is 0 Å². The van der Waals surface area contributed by atoms with Crippen molar-refractivity contribution >= 4 is 29.4 Å². The van der Waals surface area contributed by atoms with Crippen LogP contribution < -0.4 is 15.5 Å². The molecule has 0 bridgehead atoms. The SMILES string of the molecule is COc1cccc(NC(=O)CC(=O)NN=Cc2cccc([N+](=O)[O-])c2)c1. The highest BCUT2D eigenvalue weighted by molar-refractivity contribution is 6.03. The van der Waals surface area contributed by atoms with Crippen molar-refractivity contribution in [1.82, 2.24) is 5.43 Å². The van der Waals surface area contributed by atoms with E-state index in [0.29, 0.717) is 17.0 Å². The number of nitro groups is 1. The molecule has 0 atom stereocenters. The molecule has 2 amide bonds. The fourth-order valence-electron chi connectivity index (χ4n) is 1.99. The Morgan fingerprint density at radius 2 is 1.96 bits per heavy atom. The van der Waals surface area contributed by atoms with E-state index in [2.05, 4.69) is 15.8 Å². The minimum Gasteiger partial charge on any atom is -0.497 e. The first-order valence-corrected chi connectivity index (χ1v) is 7.48. The largest absolute Gasteiger partial charge is 0.497 e. The zero-order valence-electron chi connectivity index (χ0n) is 13.8. The molecule has 26 heavy (non-hydrogen) atoms. The van der Waals surface area contributed by atoms with Crippen molar-refractivity contribution in [3.8, 4) is 5.75 Å². The molecular formula is C17H16N4O5. The summed E-state index contributed by atoms with van der Waals surface area (Å²) in [6, 6.07) is 12.5. The molecule has 2 rings (SSSR count). The topological polar surface area (TPSA) is 123 Å². The second kappa shape index (κ2) is 8.92. The van der Waals surface area contributed by atoms with Gasteiger partial charge in [-0.1, -0.05) is 18.2 Å². The smallest absolute Gasteiger partial charge is 0.270 e. The molecule has 2 aromatic rings. The Morgan fingerprint density at radius 3 is 2.69 bits per heavy atom. The van der Waals surface area contributed by atoms with Gasteiger partial charge in [-0.25, -0.2) is 5.43 Å². The van der Waals surface area contributed by atoms with Crippen LogP contribution >= 0.6 is 0 Å². The van der Waals surface area contributed by atoms with Crippen LogP contribution in [0.5, 0.6) is 5.75 Å². The predicted octanol–water partition coefficient (Wildman–Crippen LogP) is 2.08. The summed E-state index contributed by atoms with van der Waals surface area (Å²) in [5.74, 6) is -0.554. The summed E-state index contributed by atoms with van der Waals surface area (Å²) in [5, 5.41) is 16.9. The number of carbonyl (C=O) groups excluding carboxylic acids is 2. The van der Waals surface area contributed by atoms with Crippen LogP contribution in [0, 0.1) is 10.1 Å². The Kier molecular flexibility index (Phi) is 6.38. The van der Waals surface area contributed by atoms with Crippen LogP contribution in [-0.2, 0) is 9.59 Å². The monoisotopic (exact) mass is 356 g/mol. The number of rotatable bonds is 7. The van der Waals surface area contributed by atoms with E-state index in [9.17, 15) is 19.7 Å². The summed E-state index contributed by atoms with van der Waals surface area (Å²) in [7, 11) is 1.51. The fourth-order valence-corrected chi connectivity index (χ4v) is 1.99. The molecule has 134 valence electrons. The maximum atomic E-state index is 11.8. The average molecular weight is 356 g/mol. The molecule has 0 aliphatic heterocycles. The van der Waals surface area contributed by atoms with Crippen molar-refractivity contribution in [2.75, 3.05) is 12.4 Å². The van der Waals surface area contributed by atoms with Crippen molar-refractivity contribution in [3.63, 3.8) is 0 Å². The number of amides is 2. The lowest BCUT2D eigenvalue weighted by atomic mass is 10.2. The third-order valence-electron chi connectivity index (χ3n) is 3.16. The summed E-state index contributed by atoms with van der Waals surface area (Å²) in [6.45, 7) is 0. The van der Waals surface area contributed by atoms with Gasteiger partial charge in [-0.2, -0.15) is 5.10 Å². The molecule has 9 heteroatoms. The third kappa shape index (κ3) is 5.71. The van der Waals surface area contributed by atoms with E-state index in [1.54, 1.807) is 30.3 Å². The lowest BCUT2D eigenvalue weighted by Crippen LogP contribution is -2.24. The highest BCUT2D eigenvalue weighted by Crippen LogP contribution is 2.16. The Bertz CT molecular complexity index is 851. The standard InChI is InChI=1S/C17H16N4O5/c1-26-15-7-3-5-13(9-15)19-16(22)10-17(23)20-18-11-12-4-2-6-14(8-12)21(24)25/h2-9,11H,10H2,1H3,(H,19,22)(H,20,23). The van der Waals surface area contributed by atoms with Gasteiger partial charge in [0.25, 0.3) is 5.69 Å². The van der Waals surface area contributed by atoms with Gasteiger partial charge in [-0.3, -0.25) is 19.7 Å². The number of hydrogen-bond donors (Lipinski definition) is 2. The Hall–Kier alpha value is -3.75. The Morgan fingerprint density at radius 1 is 1.19 bits per heavy atom.